The van der Waals surface area contributed by atoms with Gasteiger partial charge in [-0.1, -0.05) is 6.07 Å². The molecular weight excluding hydrogens is 293 g/mol. The van der Waals surface area contributed by atoms with E-state index in [0.29, 0.717) is 10.9 Å². The normalized spacial score (nSPS) is 11.0. The zero-order valence-electron chi connectivity index (χ0n) is 11.4. The van der Waals surface area contributed by atoms with E-state index in [1.54, 1.807) is 0 Å². The van der Waals surface area contributed by atoms with Crippen LogP contribution in [0.2, 0.25) is 0 Å². The summed E-state index contributed by atoms with van der Waals surface area (Å²) in [5, 5.41) is 0.427. The molecule has 0 amide bonds. The van der Waals surface area contributed by atoms with Crippen LogP contribution >= 0.6 is 0 Å². The van der Waals surface area contributed by atoms with Gasteiger partial charge in [-0.3, -0.25) is 0 Å². The van der Waals surface area contributed by atoms with Crippen molar-refractivity contribution in [3.8, 4) is 0 Å². The number of hydrogen-bond donors (Lipinski definition) is 0. The fourth-order valence-electron chi connectivity index (χ4n) is 2.44. The summed E-state index contributed by atoms with van der Waals surface area (Å²) in [4.78, 5) is 11.5. The van der Waals surface area contributed by atoms with Crippen molar-refractivity contribution in [1.29, 1.82) is 0 Å². The van der Waals surface area contributed by atoms with Crippen molar-refractivity contribution in [1.82, 2.24) is 0 Å². The molecule has 5 heteroatoms. The highest BCUT2D eigenvalue weighted by atomic mass is 19.1. The summed E-state index contributed by atoms with van der Waals surface area (Å²) in [6.07, 6.45) is 0.261. The van der Waals surface area contributed by atoms with Crippen molar-refractivity contribution >= 4 is 11.0 Å². The lowest BCUT2D eigenvalue weighted by Gasteiger charge is -2.07. The van der Waals surface area contributed by atoms with Gasteiger partial charge in [0.1, 0.15) is 23.0 Å². The molecule has 112 valence electrons. The molecular formula is C17H11F3O2. The van der Waals surface area contributed by atoms with E-state index in [4.69, 9.17) is 4.42 Å². The van der Waals surface area contributed by atoms with Gasteiger partial charge in [-0.15, -0.1) is 0 Å². The molecule has 0 aliphatic carbocycles. The van der Waals surface area contributed by atoms with Crippen LogP contribution in [0.5, 0.6) is 0 Å². The summed E-state index contributed by atoms with van der Waals surface area (Å²) in [5.41, 5.74) is 0.106. The summed E-state index contributed by atoms with van der Waals surface area (Å²) in [7, 11) is 0. The molecule has 0 radical (unpaired) electrons. The Morgan fingerprint density at radius 3 is 2.36 bits per heavy atom. The summed E-state index contributed by atoms with van der Waals surface area (Å²) in [6.45, 7) is 0. The second kappa shape index (κ2) is 5.67. The van der Waals surface area contributed by atoms with Crippen LogP contribution in [0.4, 0.5) is 13.2 Å². The summed E-state index contributed by atoms with van der Waals surface area (Å²) >= 11 is 0. The number of hydrogen-bond acceptors (Lipinski definition) is 2. The Labute approximate surface area is 123 Å². The predicted octanol–water partition coefficient (Wildman–Crippen LogP) is 4.00. The van der Waals surface area contributed by atoms with E-state index in [9.17, 15) is 18.0 Å². The minimum absolute atomic E-state index is 0.0553. The van der Waals surface area contributed by atoms with Crippen molar-refractivity contribution in [3.63, 3.8) is 0 Å². The topological polar surface area (TPSA) is 30.2 Å². The molecule has 0 saturated carbocycles. The van der Waals surface area contributed by atoms with Crippen LogP contribution in [0.3, 0.4) is 0 Å². The maximum atomic E-state index is 13.6. The van der Waals surface area contributed by atoms with Crippen molar-refractivity contribution < 1.29 is 17.6 Å². The molecule has 0 bridgehead atoms. The van der Waals surface area contributed by atoms with Gasteiger partial charge in [0.15, 0.2) is 0 Å². The Balaban J connectivity index is 2.00. The van der Waals surface area contributed by atoms with Crippen molar-refractivity contribution in [2.45, 2.75) is 12.8 Å². The molecule has 2 nitrogen and oxygen atoms in total. The monoisotopic (exact) mass is 304 g/mol. The molecule has 3 aromatic rings. The number of halogens is 3. The highest BCUT2D eigenvalue weighted by Gasteiger charge is 2.11. The molecule has 1 heterocycles. The Morgan fingerprint density at radius 1 is 0.909 bits per heavy atom. The first kappa shape index (κ1) is 14.4. The maximum absolute atomic E-state index is 13.6. The van der Waals surface area contributed by atoms with E-state index >= 15 is 0 Å². The van der Waals surface area contributed by atoms with E-state index in [1.165, 1.54) is 42.5 Å². The predicted molar refractivity (Wildman–Crippen MR) is 76.2 cm³/mol. The highest BCUT2D eigenvalue weighted by molar-refractivity contribution is 5.80. The van der Waals surface area contributed by atoms with Crippen LogP contribution in [0.15, 0.2) is 51.7 Å². The minimum atomic E-state index is -0.640. The Bertz CT molecular complexity index is 880. The molecule has 3 rings (SSSR count). The van der Waals surface area contributed by atoms with Crippen molar-refractivity contribution in [2.75, 3.05) is 0 Å². The molecule has 0 saturated heterocycles. The van der Waals surface area contributed by atoms with Crippen molar-refractivity contribution in [2.24, 2.45) is 0 Å². The molecule has 0 spiro atoms. The summed E-state index contributed by atoms with van der Waals surface area (Å²) in [6, 6.07) is 8.65. The first-order valence-corrected chi connectivity index (χ1v) is 6.70. The Morgan fingerprint density at radius 2 is 1.64 bits per heavy atom. The Kier molecular flexibility index (Phi) is 3.71. The van der Waals surface area contributed by atoms with Gasteiger partial charge in [0, 0.05) is 17.0 Å². The average Bonchev–Trinajstić information content (AvgIpc) is 2.47. The fraction of sp³-hybridized carbons (Fsp3) is 0.118. The zero-order valence-corrected chi connectivity index (χ0v) is 11.4. The van der Waals surface area contributed by atoms with Gasteiger partial charge in [-0.05, 0) is 48.7 Å². The van der Waals surface area contributed by atoms with Crippen LogP contribution in [0.1, 0.15) is 11.1 Å². The SMILES string of the molecule is O=c1cc(CCc2c(F)cccc2F)c2cc(F)ccc2o1. The number of fused-ring (bicyclic) bond motifs is 1. The molecule has 0 N–H and O–H groups in total. The first-order chi connectivity index (χ1) is 10.5. The first-order valence-electron chi connectivity index (χ1n) is 6.70. The van der Waals surface area contributed by atoms with Crippen LogP contribution in [-0.2, 0) is 12.8 Å². The molecule has 0 fully saturated rings. The van der Waals surface area contributed by atoms with Crippen molar-refractivity contribution in [3.05, 3.63) is 81.5 Å². The number of aryl methyl sites for hydroxylation is 1. The van der Waals surface area contributed by atoms with E-state index in [2.05, 4.69) is 0 Å². The van der Waals surface area contributed by atoms with E-state index < -0.39 is 23.1 Å². The molecule has 1 aromatic heterocycles. The van der Waals surface area contributed by atoms with E-state index in [1.807, 2.05) is 0 Å². The third-order valence-corrected chi connectivity index (χ3v) is 3.50. The van der Waals surface area contributed by atoms with Crippen LogP contribution in [0.25, 0.3) is 11.0 Å². The maximum Gasteiger partial charge on any atom is 0.336 e. The van der Waals surface area contributed by atoms with Crippen LogP contribution < -0.4 is 5.63 Å². The van der Waals surface area contributed by atoms with Gasteiger partial charge in [0.05, 0.1) is 0 Å². The second-order valence-corrected chi connectivity index (χ2v) is 4.93. The Hall–Kier alpha value is -2.56. The van der Waals surface area contributed by atoms with E-state index in [-0.39, 0.29) is 24.0 Å². The second-order valence-electron chi connectivity index (χ2n) is 4.93. The third-order valence-electron chi connectivity index (χ3n) is 3.50. The standard InChI is InChI=1S/C17H11F3O2/c18-11-5-7-16-13(9-11)10(8-17(21)22-16)4-6-12-14(19)2-1-3-15(12)20/h1-3,5,7-9H,4,6H2. The summed E-state index contributed by atoms with van der Waals surface area (Å²) in [5.74, 6) is -1.75. The largest absolute Gasteiger partial charge is 0.423 e. The summed E-state index contributed by atoms with van der Waals surface area (Å²) < 4.78 is 45.6. The van der Waals surface area contributed by atoms with E-state index in [0.717, 1.165) is 0 Å². The van der Waals surface area contributed by atoms with Gasteiger partial charge >= 0.3 is 5.63 Å². The van der Waals surface area contributed by atoms with Gasteiger partial charge < -0.3 is 4.42 Å². The lowest BCUT2D eigenvalue weighted by Crippen LogP contribution is -2.04. The third kappa shape index (κ3) is 2.74. The van der Waals surface area contributed by atoms with Gasteiger partial charge in [-0.2, -0.15) is 0 Å². The number of rotatable bonds is 3. The molecule has 0 aliphatic rings. The molecule has 0 unspecified atom stereocenters. The molecule has 2 aromatic carbocycles. The number of benzene rings is 2. The zero-order chi connectivity index (χ0) is 15.7. The van der Waals surface area contributed by atoms with Crippen LogP contribution in [-0.4, -0.2) is 0 Å². The fourth-order valence-corrected chi connectivity index (χ4v) is 2.44. The van der Waals surface area contributed by atoms with Gasteiger partial charge in [-0.25, -0.2) is 18.0 Å². The van der Waals surface area contributed by atoms with Crippen LogP contribution in [0, 0.1) is 17.5 Å². The minimum Gasteiger partial charge on any atom is -0.423 e. The molecule has 0 atom stereocenters. The molecule has 0 aliphatic heterocycles. The van der Waals surface area contributed by atoms with Gasteiger partial charge in [0.2, 0.25) is 0 Å². The highest BCUT2D eigenvalue weighted by Crippen LogP contribution is 2.21. The lowest BCUT2D eigenvalue weighted by molar-refractivity contribution is 0.550. The average molecular weight is 304 g/mol. The lowest BCUT2D eigenvalue weighted by atomic mass is 10.0. The quantitative estimate of drug-likeness (QED) is 0.685. The van der Waals surface area contributed by atoms with Gasteiger partial charge in [0.25, 0.3) is 0 Å². The smallest absolute Gasteiger partial charge is 0.336 e. The molecule has 22 heavy (non-hydrogen) atoms.